The van der Waals surface area contributed by atoms with Crippen LogP contribution in [0.3, 0.4) is 0 Å². The molecule has 0 saturated carbocycles. The van der Waals surface area contributed by atoms with Crippen molar-refractivity contribution in [1.29, 1.82) is 0 Å². The Balaban J connectivity index is 3.78. The van der Waals surface area contributed by atoms with Crippen LogP contribution >= 0.6 is 0 Å². The smallest absolute Gasteiger partial charge is 0.233 e. The Kier molecular flexibility index (Phi) is 6.48. The number of nitrogens with zero attached hydrogens (tertiary/aromatic N) is 1. The fourth-order valence-corrected chi connectivity index (χ4v) is 1.13. The highest BCUT2D eigenvalue weighted by Gasteiger charge is 2.22. The molecule has 0 aliphatic carbocycles. The van der Waals surface area contributed by atoms with E-state index in [1.807, 2.05) is 20.8 Å². The second-order valence-electron chi connectivity index (χ2n) is 4.25. The molecule has 0 fully saturated rings. The first-order valence-corrected chi connectivity index (χ1v) is 5.39. The minimum Gasteiger partial charge on any atom is -0.409 e. The molecular weight excluding hydrogens is 208 g/mol. The van der Waals surface area contributed by atoms with E-state index < -0.39 is 0 Å². The SMILES string of the molecule is CCNC(=O)CNCCC(C)(C)C(N)=NO. The van der Waals surface area contributed by atoms with E-state index in [4.69, 9.17) is 10.9 Å². The van der Waals surface area contributed by atoms with E-state index in [1.54, 1.807) is 0 Å². The van der Waals surface area contributed by atoms with Gasteiger partial charge >= 0.3 is 0 Å². The van der Waals surface area contributed by atoms with Crippen LogP contribution < -0.4 is 16.4 Å². The topological polar surface area (TPSA) is 99.7 Å². The third-order valence-electron chi connectivity index (χ3n) is 2.39. The van der Waals surface area contributed by atoms with E-state index in [0.29, 0.717) is 26.1 Å². The molecule has 94 valence electrons. The quantitative estimate of drug-likeness (QED) is 0.161. The lowest BCUT2D eigenvalue weighted by molar-refractivity contribution is -0.120. The fraction of sp³-hybridized carbons (Fsp3) is 0.800. The van der Waals surface area contributed by atoms with Gasteiger partial charge in [0, 0.05) is 12.0 Å². The Hall–Kier alpha value is -1.30. The van der Waals surface area contributed by atoms with Gasteiger partial charge in [0.15, 0.2) is 0 Å². The molecule has 0 aromatic carbocycles. The molecular formula is C10H22N4O2. The molecule has 16 heavy (non-hydrogen) atoms. The van der Waals surface area contributed by atoms with Crippen molar-refractivity contribution in [3.05, 3.63) is 0 Å². The maximum absolute atomic E-state index is 11.1. The number of likely N-dealkylation sites (N-methyl/N-ethyl adjacent to an activating group) is 1. The van der Waals surface area contributed by atoms with Crippen LogP contribution in [-0.2, 0) is 4.79 Å². The lowest BCUT2D eigenvalue weighted by Gasteiger charge is -2.22. The molecule has 0 aromatic rings. The molecule has 6 nitrogen and oxygen atoms in total. The summed E-state index contributed by atoms with van der Waals surface area (Å²) in [7, 11) is 0. The Morgan fingerprint density at radius 2 is 2.12 bits per heavy atom. The van der Waals surface area contributed by atoms with Crippen molar-refractivity contribution in [1.82, 2.24) is 10.6 Å². The zero-order valence-corrected chi connectivity index (χ0v) is 10.2. The van der Waals surface area contributed by atoms with E-state index in [2.05, 4.69) is 15.8 Å². The number of carbonyl (C=O) groups excluding carboxylic acids is 1. The summed E-state index contributed by atoms with van der Waals surface area (Å²) in [6, 6.07) is 0. The first-order valence-electron chi connectivity index (χ1n) is 5.39. The predicted molar refractivity (Wildman–Crippen MR) is 63.4 cm³/mol. The summed E-state index contributed by atoms with van der Waals surface area (Å²) in [4.78, 5) is 11.1. The van der Waals surface area contributed by atoms with Gasteiger partial charge in [-0.3, -0.25) is 4.79 Å². The summed E-state index contributed by atoms with van der Waals surface area (Å²) in [6.45, 7) is 7.21. The van der Waals surface area contributed by atoms with Gasteiger partial charge < -0.3 is 21.6 Å². The molecule has 6 heteroatoms. The maximum atomic E-state index is 11.1. The molecule has 0 spiro atoms. The highest BCUT2D eigenvalue weighted by Crippen LogP contribution is 2.19. The van der Waals surface area contributed by atoms with Crippen molar-refractivity contribution in [2.24, 2.45) is 16.3 Å². The van der Waals surface area contributed by atoms with E-state index in [0.717, 1.165) is 0 Å². The Bertz CT molecular complexity index is 251. The predicted octanol–water partition coefficient (Wildman–Crippen LogP) is -0.125. The van der Waals surface area contributed by atoms with Crippen molar-refractivity contribution in [2.45, 2.75) is 27.2 Å². The minimum atomic E-state index is -0.372. The summed E-state index contributed by atoms with van der Waals surface area (Å²) >= 11 is 0. The van der Waals surface area contributed by atoms with Crippen LogP contribution in [0.25, 0.3) is 0 Å². The molecule has 5 N–H and O–H groups in total. The number of amides is 1. The number of hydrogen-bond donors (Lipinski definition) is 4. The summed E-state index contributed by atoms with van der Waals surface area (Å²) in [6.07, 6.45) is 0.697. The van der Waals surface area contributed by atoms with Crippen LogP contribution in [-0.4, -0.2) is 36.6 Å². The van der Waals surface area contributed by atoms with Crippen LogP contribution in [0, 0.1) is 5.41 Å². The number of carbonyl (C=O) groups is 1. The molecule has 0 aromatic heterocycles. The molecule has 1 amide bonds. The van der Waals surface area contributed by atoms with Gasteiger partial charge in [0.25, 0.3) is 0 Å². The van der Waals surface area contributed by atoms with Gasteiger partial charge in [0.05, 0.1) is 6.54 Å². The van der Waals surface area contributed by atoms with Gasteiger partial charge in [-0.15, -0.1) is 0 Å². The van der Waals surface area contributed by atoms with E-state index in [-0.39, 0.29) is 17.2 Å². The molecule has 0 heterocycles. The van der Waals surface area contributed by atoms with Crippen LogP contribution in [0.2, 0.25) is 0 Å². The van der Waals surface area contributed by atoms with Crippen LogP contribution in [0.5, 0.6) is 0 Å². The van der Waals surface area contributed by atoms with Crippen molar-refractivity contribution in [3.63, 3.8) is 0 Å². The van der Waals surface area contributed by atoms with Crippen LogP contribution in [0.4, 0.5) is 0 Å². The average Bonchev–Trinajstić information content (AvgIpc) is 2.23. The molecule has 0 aliphatic heterocycles. The first-order chi connectivity index (χ1) is 7.44. The lowest BCUT2D eigenvalue weighted by atomic mass is 9.88. The Labute approximate surface area is 96.3 Å². The second-order valence-corrected chi connectivity index (χ2v) is 4.25. The minimum absolute atomic E-state index is 0.0240. The van der Waals surface area contributed by atoms with Crippen molar-refractivity contribution >= 4 is 11.7 Å². The third kappa shape index (κ3) is 5.55. The highest BCUT2D eigenvalue weighted by molar-refractivity contribution is 5.85. The molecule has 0 radical (unpaired) electrons. The van der Waals surface area contributed by atoms with Crippen molar-refractivity contribution in [2.75, 3.05) is 19.6 Å². The van der Waals surface area contributed by atoms with E-state index in [1.165, 1.54) is 0 Å². The standard InChI is InChI=1S/C10H22N4O2/c1-4-13-8(15)7-12-6-5-10(2,3)9(11)14-16/h12,16H,4-7H2,1-3H3,(H2,11,14)(H,13,15). The molecule has 0 rings (SSSR count). The van der Waals surface area contributed by atoms with Gasteiger partial charge in [0.1, 0.15) is 5.84 Å². The lowest BCUT2D eigenvalue weighted by Crippen LogP contribution is -2.38. The number of oxime groups is 1. The maximum Gasteiger partial charge on any atom is 0.233 e. The summed E-state index contributed by atoms with van der Waals surface area (Å²) in [5.74, 6) is 0.177. The van der Waals surface area contributed by atoms with Crippen LogP contribution in [0.1, 0.15) is 27.2 Å². The van der Waals surface area contributed by atoms with Crippen molar-refractivity contribution < 1.29 is 10.0 Å². The Morgan fingerprint density at radius 1 is 1.50 bits per heavy atom. The van der Waals surface area contributed by atoms with Crippen molar-refractivity contribution in [3.8, 4) is 0 Å². The molecule has 0 atom stereocenters. The number of nitrogens with one attached hydrogen (secondary N) is 2. The average molecular weight is 230 g/mol. The van der Waals surface area contributed by atoms with Gasteiger partial charge in [-0.05, 0) is 19.9 Å². The van der Waals surface area contributed by atoms with E-state index >= 15 is 0 Å². The van der Waals surface area contributed by atoms with Gasteiger partial charge in [-0.25, -0.2) is 0 Å². The number of amidine groups is 1. The molecule has 0 bridgehead atoms. The number of rotatable bonds is 7. The first kappa shape index (κ1) is 14.7. The molecule has 0 unspecified atom stereocenters. The second kappa shape index (κ2) is 7.05. The summed E-state index contributed by atoms with van der Waals surface area (Å²) in [5.41, 5.74) is 5.16. The van der Waals surface area contributed by atoms with Gasteiger partial charge in [-0.2, -0.15) is 0 Å². The zero-order valence-electron chi connectivity index (χ0n) is 10.2. The normalized spacial score (nSPS) is 12.6. The molecule has 0 saturated heterocycles. The summed E-state index contributed by atoms with van der Waals surface area (Å²) < 4.78 is 0. The largest absolute Gasteiger partial charge is 0.409 e. The third-order valence-corrected chi connectivity index (χ3v) is 2.39. The van der Waals surface area contributed by atoms with Crippen LogP contribution in [0.15, 0.2) is 5.16 Å². The zero-order chi connectivity index (χ0) is 12.6. The number of hydrogen-bond acceptors (Lipinski definition) is 4. The van der Waals surface area contributed by atoms with Gasteiger partial charge in [-0.1, -0.05) is 19.0 Å². The summed E-state index contributed by atoms with van der Waals surface area (Å²) in [5, 5.41) is 17.2. The highest BCUT2D eigenvalue weighted by atomic mass is 16.4. The molecule has 0 aliphatic rings. The van der Waals surface area contributed by atoms with E-state index in [9.17, 15) is 4.79 Å². The monoisotopic (exact) mass is 230 g/mol. The van der Waals surface area contributed by atoms with Gasteiger partial charge in [0.2, 0.25) is 5.91 Å². The number of nitrogens with two attached hydrogens (primary N) is 1. The fourth-order valence-electron chi connectivity index (χ4n) is 1.13. The Morgan fingerprint density at radius 3 is 2.62 bits per heavy atom.